The lowest BCUT2D eigenvalue weighted by atomic mass is 9.99. The lowest BCUT2D eigenvalue weighted by Crippen LogP contribution is -2.35. The van der Waals surface area contributed by atoms with E-state index in [1.807, 2.05) is 42.5 Å². The predicted molar refractivity (Wildman–Crippen MR) is 520 cm³/mol. The zero-order valence-corrected chi connectivity index (χ0v) is 82.2. The van der Waals surface area contributed by atoms with E-state index in [0.717, 1.165) is 76.5 Å². The van der Waals surface area contributed by atoms with Crippen LogP contribution in [0.1, 0.15) is 381 Å². The van der Waals surface area contributed by atoms with Crippen LogP contribution in [0.5, 0.6) is 0 Å². The lowest BCUT2D eigenvalue weighted by Gasteiger charge is -2.12. The number of hydrogen-bond acceptors (Lipinski definition) is 6. The van der Waals surface area contributed by atoms with E-state index in [9.17, 15) is 14.4 Å². The standard InChI is InChI=1S/C31H53N2O4.C19H37N2.C18H31N2O2.C16H31N2.C16H29N2.C7H11N2/c1-3-30(34)36-27-21-17-13-9-5-7-11-15-19-23-32-25-26-33(29-32)24-20-16-12-8-6-10-14-18-22-28-37-31(35)4-2;1-5-9-11-18(7-3)15-20-13-14-21(17-20)16-19(8-4)12-10-6-2;1-3-18(21)22-16-12-10-8-6-4-5-7-9-11-13-20-15-14-19(2)17-20;2*1-3-4-5-6-7-8-9-10-11-12-13-18-15-14-17(2)16-18;1-3-4-9-6-5-8(2)7-9/h3-4,25-26,29H,1-2,5-24,27-28H2;13-14,17-19H,5-12,15-16H2,1-4H3;3,14-15,17H,1,4-13,16H2,2H3;14-16H,3-13H2,1-2H3;3,14-16H,1,4-13H2,2H3;3,5-7H,1,4H2,2H3/q6*+1. The Balaban J connectivity index is 0.000000781. The molecule has 0 amide bonds. The van der Waals surface area contributed by atoms with Crippen LogP contribution in [0.3, 0.4) is 0 Å². The average Bonchev–Trinajstić information content (AvgIpc) is 1.76. The van der Waals surface area contributed by atoms with Gasteiger partial charge in [-0.15, -0.1) is 6.58 Å². The number of aryl methyl sites for hydroxylation is 9. The maximum absolute atomic E-state index is 10.9. The van der Waals surface area contributed by atoms with Crippen molar-refractivity contribution in [3.63, 3.8) is 0 Å². The molecule has 2 atom stereocenters. The summed E-state index contributed by atoms with van der Waals surface area (Å²) in [5, 5.41) is 0. The van der Waals surface area contributed by atoms with Crippen molar-refractivity contribution >= 4 is 17.9 Å². The van der Waals surface area contributed by atoms with Crippen molar-refractivity contribution in [3.8, 4) is 0 Å². The first kappa shape index (κ1) is 115. The summed E-state index contributed by atoms with van der Waals surface area (Å²) < 4.78 is 41.5. The minimum atomic E-state index is -0.316. The quantitative estimate of drug-likeness (QED) is 0.00933. The first-order valence-electron chi connectivity index (χ1n) is 50.8. The number of rotatable bonds is 75. The molecule has 0 radical (unpaired) electrons. The van der Waals surface area contributed by atoms with Crippen molar-refractivity contribution in [1.82, 2.24) is 27.4 Å². The molecule has 125 heavy (non-hydrogen) atoms. The summed E-state index contributed by atoms with van der Waals surface area (Å²) in [5.74, 6) is 0.737. The summed E-state index contributed by atoms with van der Waals surface area (Å²) in [6.45, 7) is 39.6. The van der Waals surface area contributed by atoms with Crippen molar-refractivity contribution in [2.45, 2.75) is 434 Å². The van der Waals surface area contributed by atoms with Gasteiger partial charge in [0.2, 0.25) is 38.0 Å². The van der Waals surface area contributed by atoms with Crippen LogP contribution >= 0.6 is 0 Å². The topological polar surface area (TPSA) is 132 Å². The highest BCUT2D eigenvalue weighted by atomic mass is 16.5. The Morgan fingerprint density at radius 3 is 0.896 bits per heavy atom. The van der Waals surface area contributed by atoms with Gasteiger partial charge in [-0.2, -0.15) is 0 Å². The number of aromatic nitrogens is 12. The molecule has 6 aromatic heterocycles. The third kappa shape index (κ3) is 73.0. The second kappa shape index (κ2) is 85.8. The van der Waals surface area contributed by atoms with Crippen LogP contribution in [0.25, 0.3) is 0 Å². The maximum Gasteiger partial charge on any atom is 0.330 e. The van der Waals surface area contributed by atoms with Crippen LogP contribution in [0, 0.1) is 11.8 Å². The van der Waals surface area contributed by atoms with Crippen LogP contribution in [0.2, 0.25) is 0 Å². The molecule has 0 N–H and O–H groups in total. The molecule has 0 fully saturated rings. The molecule has 2 unspecified atom stereocenters. The zero-order valence-electron chi connectivity index (χ0n) is 82.2. The Kier molecular flexibility index (Phi) is 79.2. The van der Waals surface area contributed by atoms with E-state index in [1.165, 1.54) is 353 Å². The van der Waals surface area contributed by atoms with Gasteiger partial charge in [-0.3, -0.25) is 0 Å². The van der Waals surface area contributed by atoms with E-state index >= 15 is 0 Å². The number of ether oxygens (including phenoxy) is 3. The van der Waals surface area contributed by atoms with Crippen molar-refractivity contribution in [2.24, 2.45) is 40.0 Å². The van der Waals surface area contributed by atoms with Gasteiger partial charge in [0.15, 0.2) is 0 Å². The minimum Gasteiger partial charge on any atom is -0.463 e. The molecule has 6 heterocycles. The van der Waals surface area contributed by atoms with Crippen molar-refractivity contribution in [2.75, 3.05) is 19.8 Å². The number of unbranched alkanes of at least 4 members (excludes halogenated alkanes) is 43. The van der Waals surface area contributed by atoms with Crippen molar-refractivity contribution in [3.05, 3.63) is 176 Å². The lowest BCUT2D eigenvalue weighted by molar-refractivity contribution is -0.703. The van der Waals surface area contributed by atoms with Gasteiger partial charge >= 0.3 is 17.9 Å². The molecule has 6 rings (SSSR count). The van der Waals surface area contributed by atoms with Crippen molar-refractivity contribution in [1.29, 1.82) is 0 Å². The fourth-order valence-electron chi connectivity index (χ4n) is 15.5. The number of carbonyl (C=O) groups excluding carboxylic acids is 3. The van der Waals surface area contributed by atoms with E-state index in [1.54, 1.807) is 0 Å². The van der Waals surface area contributed by atoms with Gasteiger partial charge < -0.3 is 14.2 Å². The molecular formula is C107H192N12O6+6. The van der Waals surface area contributed by atoms with Crippen LogP contribution in [-0.2, 0) is 109 Å². The molecule has 0 aliphatic carbocycles. The van der Waals surface area contributed by atoms with Gasteiger partial charge in [0.1, 0.15) is 80.9 Å². The molecule has 0 saturated heterocycles. The summed E-state index contributed by atoms with van der Waals surface area (Å²) >= 11 is 0. The van der Waals surface area contributed by atoms with Crippen LogP contribution in [0.15, 0.2) is 176 Å². The summed E-state index contributed by atoms with van der Waals surface area (Å²) in [4.78, 5) is 32.7. The molecule has 710 valence electrons. The highest BCUT2D eigenvalue weighted by Gasteiger charge is 2.16. The number of hydrogen-bond donors (Lipinski definition) is 0. The van der Waals surface area contributed by atoms with E-state index in [2.05, 4.69) is 232 Å². The molecule has 0 bridgehead atoms. The molecule has 18 heteroatoms. The number of imidazole rings is 6. The fourth-order valence-corrected chi connectivity index (χ4v) is 15.5. The molecular weight excluding hydrogens is 1550 g/mol. The number of allylic oxidation sites excluding steroid dienone is 2. The Hall–Kier alpha value is -7.63. The molecule has 0 saturated carbocycles. The Bertz CT molecular complexity index is 3350. The summed E-state index contributed by atoms with van der Waals surface area (Å²) in [6.07, 6.45) is 117. The highest BCUT2D eigenvalue weighted by Crippen LogP contribution is 2.19. The fraction of sp³-hybridized carbons (Fsp3) is 0.710. The van der Waals surface area contributed by atoms with E-state index in [4.69, 9.17) is 14.2 Å². The van der Waals surface area contributed by atoms with Gasteiger partial charge in [0.25, 0.3) is 0 Å². The smallest absolute Gasteiger partial charge is 0.330 e. The molecule has 0 aliphatic heterocycles. The van der Waals surface area contributed by atoms with E-state index in [-0.39, 0.29) is 17.9 Å². The second-order valence-corrected chi connectivity index (χ2v) is 35.3. The Morgan fingerprint density at radius 2 is 0.576 bits per heavy atom. The summed E-state index contributed by atoms with van der Waals surface area (Å²) in [7, 11) is 8.21. The van der Waals surface area contributed by atoms with Crippen molar-refractivity contribution < 1.29 is 56.0 Å². The first-order valence-corrected chi connectivity index (χ1v) is 50.8. The molecule has 0 aromatic carbocycles. The Morgan fingerprint density at radius 1 is 0.296 bits per heavy atom. The average molecular weight is 1740 g/mol. The summed E-state index contributed by atoms with van der Waals surface area (Å²) in [5.41, 5.74) is 0. The van der Waals surface area contributed by atoms with Crippen LogP contribution < -0.4 is 27.4 Å². The number of carbonyl (C=O) groups is 3. The first-order chi connectivity index (χ1) is 61.1. The molecule has 18 nitrogen and oxygen atoms in total. The Labute approximate surface area is 766 Å². The maximum atomic E-state index is 10.9. The summed E-state index contributed by atoms with van der Waals surface area (Å²) in [6, 6.07) is 0. The van der Waals surface area contributed by atoms with Gasteiger partial charge in [-0.05, 0) is 134 Å². The van der Waals surface area contributed by atoms with Crippen LogP contribution in [0.4, 0.5) is 0 Å². The normalized spacial score (nSPS) is 11.3. The zero-order chi connectivity index (χ0) is 91.2. The van der Waals surface area contributed by atoms with Gasteiger partial charge in [-0.1, -0.05) is 298 Å². The predicted octanol–water partition coefficient (Wildman–Crippen LogP) is 24.8. The highest BCUT2D eigenvalue weighted by molar-refractivity contribution is 5.81. The third-order valence-electron chi connectivity index (χ3n) is 23.4. The largest absolute Gasteiger partial charge is 0.463 e. The minimum absolute atomic E-state index is 0.311. The van der Waals surface area contributed by atoms with E-state index < -0.39 is 0 Å². The third-order valence-corrected chi connectivity index (χ3v) is 23.4. The second-order valence-electron chi connectivity index (χ2n) is 35.3. The molecule has 0 aliphatic rings. The number of esters is 3. The molecule has 0 spiro atoms. The van der Waals surface area contributed by atoms with Gasteiger partial charge in [-0.25, -0.2) is 69.2 Å². The number of nitrogens with zero attached hydrogens (tertiary/aromatic N) is 12. The monoisotopic (exact) mass is 1740 g/mol. The van der Waals surface area contributed by atoms with Gasteiger partial charge in [0, 0.05) is 18.2 Å². The molecule has 6 aromatic rings. The van der Waals surface area contributed by atoms with Gasteiger partial charge in [0.05, 0.1) is 93.8 Å². The SMILES string of the molecule is C=CC(=O)OCCCCCCCCCCCn1cc[n+](C)c1.C=CC(=O)OCCCCCCCCCCCn1cc[n+](CCCCCCCCCCCOC(=O)C=C)c1.C=CCCCCCCCCCCn1cc[n+](C)c1.C=CCn1cc[n+](C)c1.CCCCC(CC)Cn1cc[n+](CC(CC)CCCC)c1.CCCCCCCCCCCCn1cc[n+](C)c1. The van der Waals surface area contributed by atoms with Crippen LogP contribution in [-0.4, -0.2) is 65.1 Å². The van der Waals surface area contributed by atoms with E-state index in [0.29, 0.717) is 19.8 Å².